The van der Waals surface area contributed by atoms with Crippen LogP contribution < -0.4 is 5.73 Å². The van der Waals surface area contributed by atoms with E-state index in [4.69, 9.17) is 18.0 Å². The third-order valence-corrected chi connectivity index (χ3v) is 3.12. The largest absolute Gasteiger partial charge is 0.389 e. The molecule has 2 amide bonds. The minimum absolute atomic E-state index is 0.0552. The summed E-state index contributed by atoms with van der Waals surface area (Å²) >= 11 is 4.90. The molecule has 0 bridgehead atoms. The summed E-state index contributed by atoms with van der Waals surface area (Å²) < 4.78 is 0. The van der Waals surface area contributed by atoms with E-state index in [1.165, 1.54) is 9.80 Å². The minimum Gasteiger partial charge on any atom is -0.389 e. The van der Waals surface area contributed by atoms with Gasteiger partial charge in [0.25, 0.3) is 5.91 Å². The first kappa shape index (κ1) is 16.1. The van der Waals surface area contributed by atoms with Gasteiger partial charge in [-0.05, 0) is 19.1 Å². The highest BCUT2D eigenvalue weighted by atomic mass is 32.1. The van der Waals surface area contributed by atoms with Crippen molar-refractivity contribution in [2.24, 2.45) is 5.73 Å². The molecule has 2 N–H and O–H groups in total. The fraction of sp³-hybridized carbons (Fsp3) is 0.357. The van der Waals surface area contributed by atoms with Gasteiger partial charge in [-0.2, -0.15) is 0 Å². The summed E-state index contributed by atoms with van der Waals surface area (Å²) in [7, 11) is 3.32. The molecule has 1 aromatic carbocycles. The van der Waals surface area contributed by atoms with Crippen molar-refractivity contribution in [2.75, 3.05) is 27.2 Å². The van der Waals surface area contributed by atoms with Crippen molar-refractivity contribution in [3.05, 3.63) is 35.4 Å². The number of carbonyl (C=O) groups excluding carboxylic acids is 2. The molecule has 0 saturated heterocycles. The number of nitrogens with two attached hydrogens (primary N) is 1. The van der Waals surface area contributed by atoms with Crippen molar-refractivity contribution >= 4 is 29.0 Å². The lowest BCUT2D eigenvalue weighted by atomic mass is 10.1. The number of likely N-dealkylation sites (N-methyl/N-ethyl adjacent to an activating group) is 2. The molecule has 0 aromatic heterocycles. The highest BCUT2D eigenvalue weighted by Gasteiger charge is 2.18. The molecular weight excluding hydrogens is 274 g/mol. The first-order chi connectivity index (χ1) is 9.36. The Morgan fingerprint density at radius 2 is 1.85 bits per heavy atom. The van der Waals surface area contributed by atoms with Gasteiger partial charge in [-0.1, -0.05) is 24.4 Å². The van der Waals surface area contributed by atoms with Crippen LogP contribution in [0.5, 0.6) is 0 Å². The molecule has 0 saturated carbocycles. The number of benzene rings is 1. The van der Waals surface area contributed by atoms with Gasteiger partial charge in [0, 0.05) is 31.8 Å². The molecule has 0 radical (unpaired) electrons. The van der Waals surface area contributed by atoms with E-state index >= 15 is 0 Å². The Hall–Kier alpha value is -1.95. The first-order valence-corrected chi connectivity index (χ1v) is 6.67. The predicted molar refractivity (Wildman–Crippen MR) is 82.6 cm³/mol. The van der Waals surface area contributed by atoms with Gasteiger partial charge in [0.05, 0.1) is 6.54 Å². The fourth-order valence-electron chi connectivity index (χ4n) is 1.62. The molecule has 1 rings (SSSR count). The molecular formula is C14H19N3O2S. The summed E-state index contributed by atoms with van der Waals surface area (Å²) in [5.74, 6) is -0.327. The Morgan fingerprint density at radius 1 is 1.25 bits per heavy atom. The lowest BCUT2D eigenvalue weighted by molar-refractivity contribution is -0.129. The highest BCUT2D eigenvalue weighted by molar-refractivity contribution is 7.80. The zero-order valence-electron chi connectivity index (χ0n) is 11.9. The SMILES string of the molecule is CCN(CC(=O)N(C)C)C(=O)c1cccc(C(N)=S)c1. The maximum Gasteiger partial charge on any atom is 0.254 e. The summed E-state index contributed by atoms with van der Waals surface area (Å²) in [6.07, 6.45) is 0. The summed E-state index contributed by atoms with van der Waals surface area (Å²) in [5.41, 5.74) is 6.67. The van der Waals surface area contributed by atoms with Crippen LogP contribution in [0.1, 0.15) is 22.8 Å². The van der Waals surface area contributed by atoms with Gasteiger partial charge in [0.2, 0.25) is 5.91 Å². The van der Waals surface area contributed by atoms with Gasteiger partial charge >= 0.3 is 0 Å². The smallest absolute Gasteiger partial charge is 0.254 e. The van der Waals surface area contributed by atoms with Gasteiger partial charge < -0.3 is 15.5 Å². The number of amides is 2. The van der Waals surface area contributed by atoms with Crippen LogP contribution in [0.3, 0.4) is 0 Å². The quantitative estimate of drug-likeness (QED) is 0.818. The minimum atomic E-state index is -0.208. The van der Waals surface area contributed by atoms with Gasteiger partial charge in [0.1, 0.15) is 4.99 Å². The summed E-state index contributed by atoms with van der Waals surface area (Å²) in [6.45, 7) is 2.34. The third kappa shape index (κ3) is 4.03. The second-order valence-electron chi connectivity index (χ2n) is 4.55. The Balaban J connectivity index is 2.94. The molecule has 6 heteroatoms. The number of thiocarbonyl (C=S) groups is 1. The third-order valence-electron chi connectivity index (χ3n) is 2.89. The van der Waals surface area contributed by atoms with Crippen LogP contribution in [-0.4, -0.2) is 53.8 Å². The average Bonchev–Trinajstić information content (AvgIpc) is 2.43. The molecule has 0 spiro atoms. The molecule has 0 aliphatic rings. The molecule has 0 aliphatic carbocycles. The second-order valence-corrected chi connectivity index (χ2v) is 4.99. The average molecular weight is 293 g/mol. The number of hydrogen-bond acceptors (Lipinski definition) is 3. The lowest BCUT2D eigenvalue weighted by Gasteiger charge is -2.22. The maximum absolute atomic E-state index is 12.4. The topological polar surface area (TPSA) is 66.6 Å². The Morgan fingerprint density at radius 3 is 2.35 bits per heavy atom. The Labute approximate surface area is 124 Å². The number of carbonyl (C=O) groups is 2. The van der Waals surface area contributed by atoms with E-state index in [0.29, 0.717) is 17.7 Å². The van der Waals surface area contributed by atoms with Crippen LogP contribution in [0.2, 0.25) is 0 Å². The molecule has 5 nitrogen and oxygen atoms in total. The van der Waals surface area contributed by atoms with E-state index in [-0.39, 0.29) is 23.3 Å². The molecule has 0 fully saturated rings. The van der Waals surface area contributed by atoms with Gasteiger partial charge in [0.15, 0.2) is 0 Å². The second kappa shape index (κ2) is 7.00. The Bertz CT molecular complexity index is 529. The van der Waals surface area contributed by atoms with E-state index in [2.05, 4.69) is 0 Å². The molecule has 1 aromatic rings. The first-order valence-electron chi connectivity index (χ1n) is 6.26. The molecule has 20 heavy (non-hydrogen) atoms. The van der Waals surface area contributed by atoms with Crippen molar-refractivity contribution in [2.45, 2.75) is 6.92 Å². The monoisotopic (exact) mass is 293 g/mol. The van der Waals surface area contributed by atoms with E-state index < -0.39 is 0 Å². The molecule has 0 unspecified atom stereocenters. The zero-order chi connectivity index (χ0) is 15.3. The van der Waals surface area contributed by atoms with Crippen LogP contribution in [0.4, 0.5) is 0 Å². The standard InChI is InChI=1S/C14H19N3O2S/c1-4-17(9-12(18)16(2)3)14(19)11-7-5-6-10(8-11)13(15)20/h5-8H,4,9H2,1-3H3,(H2,15,20). The van der Waals surface area contributed by atoms with Crippen molar-refractivity contribution < 1.29 is 9.59 Å². The normalized spacial score (nSPS) is 9.95. The summed E-state index contributed by atoms with van der Waals surface area (Å²) in [6, 6.07) is 6.81. The van der Waals surface area contributed by atoms with Crippen molar-refractivity contribution in [3.63, 3.8) is 0 Å². The van der Waals surface area contributed by atoms with E-state index in [1.54, 1.807) is 38.4 Å². The predicted octanol–water partition coefficient (Wildman–Crippen LogP) is 0.871. The van der Waals surface area contributed by atoms with Gasteiger partial charge in [-0.3, -0.25) is 9.59 Å². The van der Waals surface area contributed by atoms with E-state index in [0.717, 1.165) is 0 Å². The highest BCUT2D eigenvalue weighted by Crippen LogP contribution is 2.09. The van der Waals surface area contributed by atoms with Crippen LogP contribution in [0, 0.1) is 0 Å². The summed E-state index contributed by atoms with van der Waals surface area (Å²) in [4.78, 5) is 27.3. The Kier molecular flexibility index (Phi) is 5.64. The zero-order valence-corrected chi connectivity index (χ0v) is 12.7. The van der Waals surface area contributed by atoms with E-state index in [9.17, 15) is 9.59 Å². The summed E-state index contributed by atoms with van der Waals surface area (Å²) in [5, 5.41) is 0. The van der Waals surface area contributed by atoms with Crippen molar-refractivity contribution in [1.29, 1.82) is 0 Å². The van der Waals surface area contributed by atoms with Crippen LogP contribution in [0.15, 0.2) is 24.3 Å². The van der Waals surface area contributed by atoms with E-state index in [1.807, 2.05) is 6.92 Å². The number of hydrogen-bond donors (Lipinski definition) is 1. The molecule has 108 valence electrons. The number of rotatable bonds is 5. The van der Waals surface area contributed by atoms with Crippen molar-refractivity contribution in [3.8, 4) is 0 Å². The molecule has 0 heterocycles. The van der Waals surface area contributed by atoms with Gasteiger partial charge in [-0.25, -0.2) is 0 Å². The lowest BCUT2D eigenvalue weighted by Crippen LogP contribution is -2.40. The van der Waals surface area contributed by atoms with Crippen LogP contribution >= 0.6 is 12.2 Å². The molecule has 0 aliphatic heterocycles. The number of nitrogens with zero attached hydrogens (tertiary/aromatic N) is 2. The molecule has 0 atom stereocenters. The van der Waals surface area contributed by atoms with Gasteiger partial charge in [-0.15, -0.1) is 0 Å². The van der Waals surface area contributed by atoms with Crippen LogP contribution in [0.25, 0.3) is 0 Å². The van der Waals surface area contributed by atoms with Crippen LogP contribution in [-0.2, 0) is 4.79 Å². The van der Waals surface area contributed by atoms with Crippen molar-refractivity contribution in [1.82, 2.24) is 9.80 Å². The maximum atomic E-state index is 12.4. The fourth-order valence-corrected chi connectivity index (χ4v) is 1.75.